The lowest BCUT2D eigenvalue weighted by Crippen LogP contribution is -2.37. The minimum Gasteiger partial charge on any atom is -0.339 e. The number of nitrogens with zero attached hydrogens (tertiary/aromatic N) is 5. The molecular formula is C15H19N5O2. The Labute approximate surface area is 128 Å². The Hall–Kier alpha value is -2.18. The van der Waals surface area contributed by atoms with E-state index in [2.05, 4.69) is 19.7 Å². The largest absolute Gasteiger partial charge is 0.339 e. The van der Waals surface area contributed by atoms with Crippen LogP contribution in [0.2, 0.25) is 0 Å². The van der Waals surface area contributed by atoms with Gasteiger partial charge in [0, 0.05) is 31.4 Å². The van der Waals surface area contributed by atoms with Crippen LogP contribution in [0.15, 0.2) is 17.0 Å². The predicted octanol–water partition coefficient (Wildman–Crippen LogP) is 1.36. The number of carbonyl (C=O) groups excluding carboxylic acids is 1. The second kappa shape index (κ2) is 5.23. The van der Waals surface area contributed by atoms with Crippen LogP contribution >= 0.6 is 0 Å². The first-order valence-corrected chi connectivity index (χ1v) is 7.77. The molecule has 1 aliphatic heterocycles. The highest BCUT2D eigenvalue weighted by Crippen LogP contribution is 2.38. The summed E-state index contributed by atoms with van der Waals surface area (Å²) in [5.41, 5.74) is 1.21. The smallest absolute Gasteiger partial charge is 0.229 e. The van der Waals surface area contributed by atoms with Gasteiger partial charge in [0.15, 0.2) is 5.82 Å². The van der Waals surface area contributed by atoms with Gasteiger partial charge in [0.25, 0.3) is 0 Å². The molecule has 0 N–H and O–H groups in total. The third-order valence-electron chi connectivity index (χ3n) is 4.48. The number of aryl methyl sites for hydroxylation is 1. The SMILES string of the molecule is CN(Cc1noc(C2CC2)n1)C(=O)C1CCc2cncn2C1. The lowest BCUT2D eigenvalue weighted by Gasteiger charge is -2.27. The fourth-order valence-electron chi connectivity index (χ4n) is 3.00. The summed E-state index contributed by atoms with van der Waals surface area (Å²) < 4.78 is 7.31. The highest BCUT2D eigenvalue weighted by molar-refractivity contribution is 5.78. The Morgan fingerprint density at radius 3 is 3.14 bits per heavy atom. The van der Waals surface area contributed by atoms with Crippen LogP contribution in [0.1, 0.15) is 42.6 Å². The summed E-state index contributed by atoms with van der Waals surface area (Å²) in [6, 6.07) is 0. The van der Waals surface area contributed by atoms with Crippen LogP contribution < -0.4 is 0 Å². The van der Waals surface area contributed by atoms with Gasteiger partial charge in [-0.05, 0) is 25.7 Å². The number of hydrogen-bond donors (Lipinski definition) is 0. The van der Waals surface area contributed by atoms with Crippen LogP contribution in [0.4, 0.5) is 0 Å². The monoisotopic (exact) mass is 301 g/mol. The Kier molecular flexibility index (Phi) is 3.20. The van der Waals surface area contributed by atoms with Crippen molar-refractivity contribution in [3.63, 3.8) is 0 Å². The average Bonchev–Trinajstić information content (AvgIpc) is 3.09. The van der Waals surface area contributed by atoms with Crippen molar-refractivity contribution in [2.45, 2.75) is 44.7 Å². The third kappa shape index (κ3) is 2.51. The molecule has 2 aliphatic rings. The van der Waals surface area contributed by atoms with Crippen molar-refractivity contribution in [2.24, 2.45) is 5.92 Å². The maximum atomic E-state index is 12.6. The summed E-state index contributed by atoms with van der Waals surface area (Å²) in [5, 5.41) is 3.98. The van der Waals surface area contributed by atoms with Gasteiger partial charge in [-0.3, -0.25) is 4.79 Å². The van der Waals surface area contributed by atoms with Crippen LogP contribution in [0, 0.1) is 5.92 Å². The van der Waals surface area contributed by atoms with E-state index in [1.807, 2.05) is 6.20 Å². The fraction of sp³-hybridized carbons (Fsp3) is 0.600. The molecule has 22 heavy (non-hydrogen) atoms. The molecule has 0 bridgehead atoms. The standard InChI is InChI=1S/C15H19N5O2/c1-19(8-13-17-14(22-18-13)10-2-3-10)15(21)11-4-5-12-6-16-9-20(12)7-11/h6,9-11H,2-5,7-8H2,1H3. The Balaban J connectivity index is 1.39. The van der Waals surface area contributed by atoms with E-state index in [4.69, 9.17) is 4.52 Å². The first-order valence-electron chi connectivity index (χ1n) is 7.77. The molecule has 0 spiro atoms. The van der Waals surface area contributed by atoms with Gasteiger partial charge in [0.1, 0.15) is 0 Å². The van der Waals surface area contributed by atoms with E-state index in [-0.39, 0.29) is 11.8 Å². The van der Waals surface area contributed by atoms with Crippen LogP contribution in [-0.2, 0) is 24.3 Å². The van der Waals surface area contributed by atoms with Gasteiger partial charge in [0.2, 0.25) is 11.8 Å². The van der Waals surface area contributed by atoms with Gasteiger partial charge in [-0.15, -0.1) is 0 Å². The van der Waals surface area contributed by atoms with Gasteiger partial charge in [-0.2, -0.15) is 4.98 Å². The molecule has 4 rings (SSSR count). The van der Waals surface area contributed by atoms with E-state index < -0.39 is 0 Å². The normalized spacial score (nSPS) is 20.7. The van der Waals surface area contributed by atoms with Gasteiger partial charge in [-0.25, -0.2) is 4.98 Å². The van der Waals surface area contributed by atoms with Crippen LogP contribution in [-0.4, -0.2) is 37.5 Å². The Bertz CT molecular complexity index is 688. The van der Waals surface area contributed by atoms with E-state index in [0.717, 1.165) is 31.6 Å². The maximum absolute atomic E-state index is 12.6. The number of fused-ring (bicyclic) bond motifs is 1. The van der Waals surface area contributed by atoms with Crippen LogP contribution in [0.5, 0.6) is 0 Å². The zero-order chi connectivity index (χ0) is 15.1. The van der Waals surface area contributed by atoms with Gasteiger partial charge in [0.05, 0.1) is 18.8 Å². The second-order valence-corrected chi connectivity index (χ2v) is 6.29. The van der Waals surface area contributed by atoms with Gasteiger partial charge < -0.3 is 14.0 Å². The molecule has 116 valence electrons. The minimum absolute atomic E-state index is 0.00139. The second-order valence-electron chi connectivity index (χ2n) is 6.29. The molecular weight excluding hydrogens is 282 g/mol. The van der Waals surface area contributed by atoms with Crippen molar-refractivity contribution in [1.82, 2.24) is 24.6 Å². The molecule has 1 aliphatic carbocycles. The molecule has 1 fully saturated rings. The van der Waals surface area contributed by atoms with E-state index >= 15 is 0 Å². The fourth-order valence-corrected chi connectivity index (χ4v) is 3.00. The average molecular weight is 301 g/mol. The van der Waals surface area contributed by atoms with E-state index in [9.17, 15) is 4.79 Å². The van der Waals surface area contributed by atoms with Crippen molar-refractivity contribution in [3.05, 3.63) is 29.9 Å². The molecule has 2 aromatic heterocycles. The molecule has 1 atom stereocenters. The van der Waals surface area contributed by atoms with Crippen molar-refractivity contribution in [2.75, 3.05) is 7.05 Å². The molecule has 7 heteroatoms. The predicted molar refractivity (Wildman–Crippen MR) is 76.8 cm³/mol. The van der Waals surface area contributed by atoms with Crippen molar-refractivity contribution in [1.29, 1.82) is 0 Å². The molecule has 3 heterocycles. The molecule has 2 aromatic rings. The van der Waals surface area contributed by atoms with Crippen molar-refractivity contribution in [3.8, 4) is 0 Å². The highest BCUT2D eigenvalue weighted by Gasteiger charge is 2.31. The highest BCUT2D eigenvalue weighted by atomic mass is 16.5. The minimum atomic E-state index is 0.00139. The van der Waals surface area contributed by atoms with E-state index in [1.165, 1.54) is 5.69 Å². The molecule has 0 saturated heterocycles. The van der Waals surface area contributed by atoms with Crippen molar-refractivity contribution >= 4 is 5.91 Å². The summed E-state index contributed by atoms with van der Waals surface area (Å²) >= 11 is 0. The number of aromatic nitrogens is 4. The molecule has 0 aromatic carbocycles. The summed E-state index contributed by atoms with van der Waals surface area (Å²) in [6.07, 6.45) is 7.71. The molecule has 1 amide bonds. The number of hydrogen-bond acceptors (Lipinski definition) is 5. The third-order valence-corrected chi connectivity index (χ3v) is 4.48. The van der Waals surface area contributed by atoms with Gasteiger partial charge in [-0.1, -0.05) is 5.16 Å². The first-order chi connectivity index (χ1) is 10.7. The Morgan fingerprint density at radius 1 is 1.45 bits per heavy atom. The quantitative estimate of drug-likeness (QED) is 0.852. The summed E-state index contributed by atoms with van der Waals surface area (Å²) in [6.45, 7) is 1.11. The lowest BCUT2D eigenvalue weighted by atomic mass is 9.97. The lowest BCUT2D eigenvalue weighted by molar-refractivity contribution is -0.135. The topological polar surface area (TPSA) is 77.1 Å². The first kappa shape index (κ1) is 13.5. The zero-order valence-electron chi connectivity index (χ0n) is 12.6. The summed E-state index contributed by atoms with van der Waals surface area (Å²) in [4.78, 5) is 22.8. The maximum Gasteiger partial charge on any atom is 0.229 e. The van der Waals surface area contributed by atoms with Crippen LogP contribution in [0.3, 0.4) is 0 Å². The Morgan fingerprint density at radius 2 is 2.32 bits per heavy atom. The summed E-state index contributed by atoms with van der Waals surface area (Å²) in [7, 11) is 1.80. The van der Waals surface area contributed by atoms with Gasteiger partial charge >= 0.3 is 0 Å². The van der Waals surface area contributed by atoms with Crippen LogP contribution in [0.25, 0.3) is 0 Å². The number of imidazole rings is 1. The molecule has 0 radical (unpaired) electrons. The summed E-state index contributed by atoms with van der Waals surface area (Å²) in [5.74, 6) is 1.90. The van der Waals surface area contributed by atoms with E-state index in [0.29, 0.717) is 24.8 Å². The molecule has 1 saturated carbocycles. The number of rotatable bonds is 4. The number of carbonyl (C=O) groups is 1. The van der Waals surface area contributed by atoms with E-state index in [1.54, 1.807) is 18.3 Å². The zero-order valence-corrected chi connectivity index (χ0v) is 12.6. The van der Waals surface area contributed by atoms with Crippen molar-refractivity contribution < 1.29 is 9.32 Å². The molecule has 1 unspecified atom stereocenters. The molecule has 7 nitrogen and oxygen atoms in total. The number of amides is 1.